The predicted molar refractivity (Wildman–Crippen MR) is 11.5 cm³/mol. The second-order valence-electron chi connectivity index (χ2n) is 0. The quantitative estimate of drug-likeness (QED) is 0.445. The van der Waals surface area contributed by atoms with Crippen LogP contribution >= 0.6 is 0 Å². The van der Waals surface area contributed by atoms with Crippen molar-refractivity contribution < 1.29 is 45.3 Å². The van der Waals surface area contributed by atoms with E-state index in [4.69, 9.17) is 0 Å². The normalized spacial score (nSPS) is 0. The second-order valence-corrected chi connectivity index (χ2v) is 0. The van der Waals surface area contributed by atoms with E-state index in [1.807, 2.05) is 0 Å². The van der Waals surface area contributed by atoms with Crippen molar-refractivity contribution >= 4 is 45.6 Å². The van der Waals surface area contributed by atoms with E-state index >= 15 is 0 Å². The maximum Gasteiger partial charge on any atom is 0 e. The Kier molecular flexibility index (Phi) is 117. The van der Waals surface area contributed by atoms with Crippen LogP contribution in [0.2, 0.25) is 0 Å². The number of hydrogen-bond donors (Lipinski definition) is 0. The Morgan fingerprint density at radius 1 is 1.00 bits per heavy atom. The van der Waals surface area contributed by atoms with E-state index in [2.05, 4.69) is 0 Å². The minimum atomic E-state index is 0. The fraction of sp³-hybridized carbons (Fsp3) is 0. The molecule has 0 aliphatic rings. The first-order valence-corrected chi connectivity index (χ1v) is 0. The molecule has 0 fully saturated rings. The third kappa shape index (κ3) is 8.89. The first kappa shape index (κ1) is 28.0. The zero-order chi connectivity index (χ0) is 0. The Bertz CT molecular complexity index is 8.00. The van der Waals surface area contributed by atoms with E-state index in [1.165, 1.54) is 0 Å². The second kappa shape index (κ2) is 16.7. The van der Waals surface area contributed by atoms with Crippen molar-refractivity contribution in [2.24, 2.45) is 0 Å². The summed E-state index contributed by atoms with van der Waals surface area (Å²) in [5, 5.41) is 0. The van der Waals surface area contributed by atoms with E-state index in [9.17, 15) is 0 Å². The minimum absolute atomic E-state index is 0. The Hall–Kier alpha value is 3.00. The molecule has 0 nitrogen and oxygen atoms in total. The van der Waals surface area contributed by atoms with Gasteiger partial charge in [-0.05, 0) is 0 Å². The smallest absolute Gasteiger partial charge is 0 e. The van der Waals surface area contributed by atoms with Crippen LogP contribution in [0.3, 0.4) is 0 Å². The standard InChI is InChI=1S/Ga.Hf.In.Zn. The number of hydrogen-bond acceptors (Lipinski definition) is 0. The van der Waals surface area contributed by atoms with Crippen LogP contribution in [-0.4, -0.2) is 45.6 Å². The van der Waals surface area contributed by atoms with Crippen molar-refractivity contribution in [2.45, 2.75) is 0 Å². The Morgan fingerprint density at radius 3 is 1.00 bits per heavy atom. The first-order chi connectivity index (χ1) is 0. The van der Waals surface area contributed by atoms with Gasteiger partial charge in [-0.25, -0.2) is 0 Å². The molecule has 0 amide bonds. The molecule has 0 saturated heterocycles. The first-order valence-electron chi connectivity index (χ1n) is 0. The van der Waals surface area contributed by atoms with E-state index in [1.54, 1.807) is 0 Å². The summed E-state index contributed by atoms with van der Waals surface area (Å²) in [4.78, 5) is 0. The third-order valence-electron chi connectivity index (χ3n) is 0. The van der Waals surface area contributed by atoms with Gasteiger partial charge in [0.25, 0.3) is 0 Å². The average molecular weight is 428 g/mol. The van der Waals surface area contributed by atoms with Crippen LogP contribution in [0.4, 0.5) is 0 Å². The molecule has 0 aliphatic heterocycles. The SMILES string of the molecule is [Ga].[Hf].[In].[Zn]. The van der Waals surface area contributed by atoms with E-state index < -0.39 is 0 Å². The molecule has 0 aliphatic carbocycles. The molecule has 0 aromatic heterocycles. The van der Waals surface area contributed by atoms with E-state index in [-0.39, 0.29) is 91.0 Å². The summed E-state index contributed by atoms with van der Waals surface area (Å²) < 4.78 is 0. The fourth-order valence-corrected chi connectivity index (χ4v) is 0. The monoisotopic (exact) mass is 428 g/mol. The van der Waals surface area contributed by atoms with Crippen molar-refractivity contribution in [1.82, 2.24) is 0 Å². The summed E-state index contributed by atoms with van der Waals surface area (Å²) in [5.41, 5.74) is 0. The molecule has 0 aromatic rings. The Labute approximate surface area is 89.2 Å². The van der Waals surface area contributed by atoms with Gasteiger partial charge >= 0.3 is 0 Å². The summed E-state index contributed by atoms with van der Waals surface area (Å²) in [6.45, 7) is 0. The van der Waals surface area contributed by atoms with Crippen LogP contribution in [0.5, 0.6) is 0 Å². The average Bonchev–Trinajstić information content (AvgIpc) is 0. The van der Waals surface area contributed by atoms with Gasteiger partial charge in [-0.15, -0.1) is 0 Å². The van der Waals surface area contributed by atoms with Gasteiger partial charge in [0.2, 0.25) is 0 Å². The zero-order valence-electron chi connectivity index (χ0n) is 2.36. The van der Waals surface area contributed by atoms with Crippen molar-refractivity contribution in [3.63, 3.8) is 0 Å². The maximum absolute atomic E-state index is 0. The van der Waals surface area contributed by atoms with Gasteiger partial charge in [-0.3, -0.25) is 0 Å². The molecule has 0 saturated carbocycles. The molecular weight excluding hydrogens is 428 g/mol. The Morgan fingerprint density at radius 2 is 1.00 bits per heavy atom. The van der Waals surface area contributed by atoms with E-state index in [0.29, 0.717) is 0 Å². The molecular formula is GaHfInZn. The van der Waals surface area contributed by atoms with Crippen LogP contribution < -0.4 is 0 Å². The molecule has 0 unspecified atom stereocenters. The van der Waals surface area contributed by atoms with Crippen molar-refractivity contribution in [3.05, 3.63) is 0 Å². The molecule has 0 rings (SSSR count). The van der Waals surface area contributed by atoms with Gasteiger partial charge in [0, 0.05) is 91.0 Å². The molecule has 4 heteroatoms. The van der Waals surface area contributed by atoms with Gasteiger partial charge in [-0.2, -0.15) is 0 Å². The maximum atomic E-state index is 0. The molecule has 4 heavy (non-hydrogen) atoms. The predicted octanol–water partition coefficient (Wildman–Crippen LogP) is -0.767. The zero-order valence-corrected chi connectivity index (χ0v) is 14.6. The summed E-state index contributed by atoms with van der Waals surface area (Å²) in [6.07, 6.45) is 0. The summed E-state index contributed by atoms with van der Waals surface area (Å²) >= 11 is 0. The van der Waals surface area contributed by atoms with Crippen LogP contribution in [0.25, 0.3) is 0 Å². The van der Waals surface area contributed by atoms with Gasteiger partial charge in [-0.1, -0.05) is 0 Å². The van der Waals surface area contributed by atoms with Gasteiger partial charge in [0.1, 0.15) is 0 Å². The van der Waals surface area contributed by atoms with E-state index in [0.717, 1.165) is 0 Å². The molecule has 0 N–H and O–H groups in total. The molecule has 0 spiro atoms. The van der Waals surface area contributed by atoms with Crippen molar-refractivity contribution in [1.29, 1.82) is 0 Å². The molecule has 0 atom stereocenters. The van der Waals surface area contributed by atoms with Crippen molar-refractivity contribution in [3.8, 4) is 0 Å². The van der Waals surface area contributed by atoms with Crippen LogP contribution in [0.15, 0.2) is 0 Å². The van der Waals surface area contributed by atoms with Crippen LogP contribution in [0.1, 0.15) is 0 Å². The van der Waals surface area contributed by atoms with Crippen LogP contribution in [-0.2, 0) is 45.3 Å². The van der Waals surface area contributed by atoms with Gasteiger partial charge < -0.3 is 0 Å². The molecule has 6 radical (unpaired) electrons. The fourth-order valence-electron chi connectivity index (χ4n) is 0. The molecule has 0 aromatic carbocycles. The minimum Gasteiger partial charge on any atom is 0 e. The topological polar surface area (TPSA) is 0 Å². The molecule has 0 bridgehead atoms. The molecule has 12 valence electrons. The Balaban J connectivity index is 0. The van der Waals surface area contributed by atoms with Gasteiger partial charge in [0.15, 0.2) is 0 Å². The van der Waals surface area contributed by atoms with Gasteiger partial charge in [0.05, 0.1) is 0 Å². The third-order valence-corrected chi connectivity index (χ3v) is 0. The van der Waals surface area contributed by atoms with Crippen molar-refractivity contribution in [2.75, 3.05) is 0 Å². The largest absolute Gasteiger partial charge is 0 e. The summed E-state index contributed by atoms with van der Waals surface area (Å²) in [7, 11) is 0. The van der Waals surface area contributed by atoms with Crippen LogP contribution in [0, 0.1) is 0 Å². The number of rotatable bonds is 0. The summed E-state index contributed by atoms with van der Waals surface area (Å²) in [6, 6.07) is 0. The summed E-state index contributed by atoms with van der Waals surface area (Å²) in [5.74, 6) is 0. The molecule has 0 heterocycles.